The number of ether oxygens (including phenoxy) is 1. The molecule has 9 heteroatoms. The fourth-order valence-electron chi connectivity index (χ4n) is 3.91. The lowest BCUT2D eigenvalue weighted by molar-refractivity contribution is -0.113. The molecule has 1 saturated heterocycles. The maximum Gasteiger partial charge on any atom is 0.270 e. The van der Waals surface area contributed by atoms with Crippen molar-refractivity contribution in [2.75, 3.05) is 17.7 Å². The summed E-state index contributed by atoms with van der Waals surface area (Å²) in [6.07, 6.45) is 1.39. The first-order chi connectivity index (χ1) is 13.3. The minimum Gasteiger partial charge on any atom is -0.375 e. The Kier molecular flexibility index (Phi) is 5.05. The van der Waals surface area contributed by atoms with E-state index >= 15 is 0 Å². The number of halogens is 2. The molecule has 1 aromatic heterocycles. The largest absolute Gasteiger partial charge is 0.375 e. The van der Waals surface area contributed by atoms with Crippen LogP contribution in [0.15, 0.2) is 23.0 Å². The summed E-state index contributed by atoms with van der Waals surface area (Å²) in [5.41, 5.74) is -0.0238. The van der Waals surface area contributed by atoms with Crippen LogP contribution in [0.3, 0.4) is 0 Å². The molecule has 28 heavy (non-hydrogen) atoms. The van der Waals surface area contributed by atoms with Gasteiger partial charge in [-0.25, -0.2) is 4.39 Å². The molecule has 1 fully saturated rings. The molecule has 0 radical (unpaired) electrons. The quantitative estimate of drug-likeness (QED) is 0.765. The normalized spacial score (nSPS) is 24.4. The van der Waals surface area contributed by atoms with Crippen LogP contribution in [-0.2, 0) is 9.53 Å². The second-order valence-electron chi connectivity index (χ2n) is 7.71. The molecular weight excluding hydrogens is 405 g/mol. The number of nitrogens with one attached hydrogen (secondary N) is 2. The summed E-state index contributed by atoms with van der Waals surface area (Å²) in [5.74, 6) is -0.270. The minimum absolute atomic E-state index is 0.00905. The third-order valence-corrected chi connectivity index (χ3v) is 6.71. The molecule has 2 aliphatic heterocycles. The number of carbonyl (C=O) groups excluding carboxylic acids is 1. The molecule has 1 aromatic carbocycles. The number of hydrogen-bond acceptors (Lipinski definition) is 4. The van der Waals surface area contributed by atoms with E-state index in [9.17, 15) is 14.0 Å². The van der Waals surface area contributed by atoms with Crippen LogP contribution in [0, 0.1) is 5.82 Å². The lowest BCUT2D eigenvalue weighted by Crippen LogP contribution is -2.36. The van der Waals surface area contributed by atoms with Gasteiger partial charge in [0.2, 0.25) is 5.91 Å². The van der Waals surface area contributed by atoms with Crippen molar-refractivity contribution in [1.82, 2.24) is 9.78 Å². The Morgan fingerprint density at radius 1 is 1.36 bits per heavy atom. The van der Waals surface area contributed by atoms with Gasteiger partial charge in [-0.3, -0.25) is 19.4 Å². The first-order valence-corrected chi connectivity index (χ1v) is 10.5. The van der Waals surface area contributed by atoms with Crippen LogP contribution in [0.25, 0.3) is 0 Å². The number of fused-ring (bicyclic) bond motifs is 1. The fraction of sp³-hybridized carbons (Fsp3) is 0.474. The second-order valence-corrected chi connectivity index (χ2v) is 9.21. The number of aromatic nitrogens is 2. The van der Waals surface area contributed by atoms with E-state index in [1.54, 1.807) is 16.8 Å². The maximum atomic E-state index is 14.7. The molecule has 1 amide bonds. The number of carbonyl (C=O) groups is 1. The van der Waals surface area contributed by atoms with E-state index < -0.39 is 11.1 Å². The first-order valence-electron chi connectivity index (χ1n) is 9.10. The summed E-state index contributed by atoms with van der Waals surface area (Å²) < 4.78 is 22.2. The van der Waals surface area contributed by atoms with Crippen molar-refractivity contribution in [3.8, 4) is 0 Å². The highest BCUT2D eigenvalue weighted by Crippen LogP contribution is 2.43. The summed E-state index contributed by atoms with van der Waals surface area (Å²) in [5, 5.41) is 5.07. The summed E-state index contributed by atoms with van der Waals surface area (Å²) in [4.78, 5) is 25.2. The van der Waals surface area contributed by atoms with Crippen LogP contribution >= 0.6 is 23.4 Å². The molecule has 0 bridgehead atoms. The van der Waals surface area contributed by atoms with Crippen molar-refractivity contribution in [3.05, 3.63) is 50.5 Å². The molecule has 0 spiro atoms. The predicted octanol–water partition coefficient (Wildman–Crippen LogP) is 3.87. The molecule has 2 N–H and O–H groups in total. The van der Waals surface area contributed by atoms with Crippen LogP contribution in [0.5, 0.6) is 0 Å². The van der Waals surface area contributed by atoms with E-state index in [0.29, 0.717) is 36.4 Å². The number of hydrogen-bond donors (Lipinski definition) is 2. The molecule has 0 saturated carbocycles. The third kappa shape index (κ3) is 3.49. The van der Waals surface area contributed by atoms with Crippen LogP contribution in [-0.4, -0.2) is 33.6 Å². The van der Waals surface area contributed by atoms with Crippen molar-refractivity contribution in [1.29, 1.82) is 0 Å². The molecule has 150 valence electrons. The van der Waals surface area contributed by atoms with Gasteiger partial charge in [0.15, 0.2) is 0 Å². The highest BCUT2D eigenvalue weighted by atomic mass is 35.5. The highest BCUT2D eigenvalue weighted by Gasteiger charge is 2.36. The molecule has 2 atom stereocenters. The van der Waals surface area contributed by atoms with Crippen LogP contribution < -0.4 is 10.9 Å². The molecule has 0 unspecified atom stereocenters. The van der Waals surface area contributed by atoms with E-state index in [-0.39, 0.29) is 33.9 Å². The average Bonchev–Trinajstić information content (AvgIpc) is 2.83. The van der Waals surface area contributed by atoms with E-state index in [2.05, 4.69) is 10.4 Å². The SMILES string of the molecule is CC1(C)C[C@@H](n2[nH]c(=O)c3c2NC(=O)CS[C@@H]3c2cccc(Cl)c2F)CCO1. The smallest absolute Gasteiger partial charge is 0.270 e. The Morgan fingerprint density at radius 2 is 2.14 bits per heavy atom. The zero-order valence-corrected chi connectivity index (χ0v) is 17.1. The molecule has 2 aromatic rings. The van der Waals surface area contributed by atoms with Crippen molar-refractivity contribution in [3.63, 3.8) is 0 Å². The first kappa shape index (κ1) is 19.5. The van der Waals surface area contributed by atoms with Gasteiger partial charge in [-0.15, -0.1) is 11.8 Å². The molecule has 2 aliphatic rings. The van der Waals surface area contributed by atoms with Gasteiger partial charge in [0.05, 0.1) is 33.2 Å². The summed E-state index contributed by atoms with van der Waals surface area (Å²) in [6, 6.07) is 4.68. The van der Waals surface area contributed by atoms with Crippen molar-refractivity contribution in [2.24, 2.45) is 0 Å². The third-order valence-electron chi connectivity index (χ3n) is 5.16. The highest BCUT2D eigenvalue weighted by molar-refractivity contribution is 8.00. The van der Waals surface area contributed by atoms with E-state index in [0.717, 1.165) is 0 Å². The fourth-order valence-corrected chi connectivity index (χ4v) is 5.23. The minimum atomic E-state index is -0.634. The number of thioether (sulfide) groups is 1. The average molecular weight is 426 g/mol. The van der Waals surface area contributed by atoms with Gasteiger partial charge in [-0.1, -0.05) is 23.7 Å². The van der Waals surface area contributed by atoms with Gasteiger partial charge < -0.3 is 10.1 Å². The standard InChI is InChI=1S/C19H21ClFN3O3S/c1-19(2)8-10(6-7-27-19)24-17-14(18(26)23-24)16(28-9-13(25)22-17)11-4-3-5-12(20)15(11)21/h3-5,10,16H,6-9H2,1-2H3,(H,22,25)(H,23,26)/t10-,16+/m0/s1. The Hall–Kier alpha value is -1.77. The Labute approximate surface area is 170 Å². The molecule has 4 rings (SSSR count). The molecule has 0 aliphatic carbocycles. The summed E-state index contributed by atoms with van der Waals surface area (Å²) >= 11 is 7.17. The Balaban J connectivity index is 1.84. The predicted molar refractivity (Wildman–Crippen MR) is 108 cm³/mol. The Bertz CT molecular complexity index is 987. The lowest BCUT2D eigenvalue weighted by Gasteiger charge is -2.36. The van der Waals surface area contributed by atoms with Crippen molar-refractivity contribution in [2.45, 2.75) is 43.6 Å². The maximum absolute atomic E-state index is 14.7. The Morgan fingerprint density at radius 3 is 2.89 bits per heavy atom. The van der Waals surface area contributed by atoms with Crippen LogP contribution in [0.1, 0.15) is 49.1 Å². The number of H-pyrrole nitrogens is 1. The summed E-state index contributed by atoms with van der Waals surface area (Å²) in [7, 11) is 0. The van der Waals surface area contributed by atoms with E-state index in [1.165, 1.54) is 17.8 Å². The van der Waals surface area contributed by atoms with E-state index in [1.807, 2.05) is 13.8 Å². The topological polar surface area (TPSA) is 76.1 Å². The van der Waals surface area contributed by atoms with Gasteiger partial charge in [0.25, 0.3) is 5.56 Å². The monoisotopic (exact) mass is 425 g/mol. The number of rotatable bonds is 2. The lowest BCUT2D eigenvalue weighted by atomic mass is 9.94. The van der Waals surface area contributed by atoms with E-state index in [4.69, 9.17) is 16.3 Å². The van der Waals surface area contributed by atoms with Crippen LogP contribution in [0.2, 0.25) is 5.02 Å². The number of benzene rings is 1. The molecule has 6 nitrogen and oxygen atoms in total. The van der Waals surface area contributed by atoms with Gasteiger partial charge in [0.1, 0.15) is 11.6 Å². The zero-order chi connectivity index (χ0) is 20.1. The number of aromatic amines is 1. The number of nitrogens with zero attached hydrogens (tertiary/aromatic N) is 1. The van der Waals surface area contributed by atoms with Gasteiger partial charge in [0, 0.05) is 12.2 Å². The van der Waals surface area contributed by atoms with Crippen molar-refractivity contribution < 1.29 is 13.9 Å². The van der Waals surface area contributed by atoms with Gasteiger partial charge in [-0.2, -0.15) is 0 Å². The van der Waals surface area contributed by atoms with Crippen LogP contribution in [0.4, 0.5) is 10.2 Å². The molecule has 3 heterocycles. The van der Waals surface area contributed by atoms with Crippen molar-refractivity contribution >= 4 is 35.1 Å². The summed E-state index contributed by atoms with van der Waals surface area (Å²) in [6.45, 7) is 4.55. The van der Waals surface area contributed by atoms with Gasteiger partial charge in [-0.05, 0) is 32.8 Å². The van der Waals surface area contributed by atoms with Gasteiger partial charge >= 0.3 is 0 Å². The number of anilines is 1. The zero-order valence-electron chi connectivity index (χ0n) is 15.6. The molecular formula is C19H21ClFN3O3S. The number of amides is 1. The second kappa shape index (κ2) is 7.24.